The molecule has 134 valence electrons. The monoisotopic (exact) mass is 415 g/mol. The summed E-state index contributed by atoms with van der Waals surface area (Å²) in [5, 5.41) is 0. The molecule has 7 heteroatoms. The average molecular weight is 416 g/mol. The minimum Gasteiger partial charge on any atom is -0.274 e. The van der Waals surface area contributed by atoms with E-state index in [4.69, 9.17) is 0 Å². The fraction of sp³-hybridized carbons (Fsp3) is 0.263. The molecule has 1 aliphatic heterocycles. The number of hydrogen-bond donors (Lipinski definition) is 0. The number of benzene rings is 1. The number of carbonyl (C=O) groups excluding carboxylic acids is 3. The largest absolute Gasteiger partial charge is 0.274 e. The van der Waals surface area contributed by atoms with E-state index in [-0.39, 0.29) is 36.7 Å². The van der Waals surface area contributed by atoms with Crippen LogP contribution in [-0.2, 0) is 0 Å². The molecule has 3 rings (SSSR count). The van der Waals surface area contributed by atoms with Gasteiger partial charge in [0.15, 0.2) is 0 Å². The first-order chi connectivity index (χ1) is 12.4. The van der Waals surface area contributed by atoms with Gasteiger partial charge < -0.3 is 0 Å². The van der Waals surface area contributed by atoms with Crippen LogP contribution in [0.1, 0.15) is 45.8 Å². The molecule has 0 aliphatic carbocycles. The molecule has 1 aromatic heterocycles. The Hall–Kier alpha value is -2.54. The van der Waals surface area contributed by atoms with Crippen molar-refractivity contribution < 1.29 is 14.4 Å². The van der Waals surface area contributed by atoms with Crippen molar-refractivity contribution >= 4 is 33.7 Å². The lowest BCUT2D eigenvalue weighted by Crippen LogP contribution is -2.34. The van der Waals surface area contributed by atoms with Crippen LogP contribution in [0.15, 0.2) is 52.1 Å². The number of aromatic nitrogens is 1. The van der Waals surface area contributed by atoms with Gasteiger partial charge in [0.05, 0.1) is 11.1 Å². The summed E-state index contributed by atoms with van der Waals surface area (Å²) in [6, 6.07) is 10.3. The standard InChI is InChI=1S/C19H18BrN3O3/c1-12(2)21-16-5-3-4-9-22(16)17(24)8-10-23-18(25)14-7-6-13(20)11-15(14)19(23)26/h3-7,9,11-12H,8,10H2,1-2H3. The SMILES string of the molecule is CC(C)N=c1ccccn1C(=O)CCN1C(=O)c2ccc(Br)cc2C1=O. The number of nitrogens with zero attached hydrogens (tertiary/aromatic N) is 3. The predicted octanol–water partition coefficient (Wildman–Crippen LogP) is 2.89. The maximum atomic E-state index is 12.6. The number of amides is 2. The van der Waals surface area contributed by atoms with Gasteiger partial charge in [-0.2, -0.15) is 0 Å². The van der Waals surface area contributed by atoms with Crippen molar-refractivity contribution in [2.24, 2.45) is 4.99 Å². The van der Waals surface area contributed by atoms with E-state index in [0.29, 0.717) is 16.6 Å². The molecule has 0 radical (unpaired) electrons. The summed E-state index contributed by atoms with van der Waals surface area (Å²) < 4.78 is 2.18. The number of imide groups is 1. The molecule has 2 aromatic rings. The van der Waals surface area contributed by atoms with Crippen molar-refractivity contribution in [3.63, 3.8) is 0 Å². The van der Waals surface area contributed by atoms with Gasteiger partial charge in [0.2, 0.25) is 5.91 Å². The van der Waals surface area contributed by atoms with Crippen LogP contribution in [0.4, 0.5) is 0 Å². The van der Waals surface area contributed by atoms with Crippen LogP contribution >= 0.6 is 15.9 Å². The first-order valence-corrected chi connectivity index (χ1v) is 9.08. The number of pyridine rings is 1. The second-order valence-electron chi connectivity index (χ2n) is 6.25. The molecule has 0 spiro atoms. The highest BCUT2D eigenvalue weighted by molar-refractivity contribution is 9.10. The Morgan fingerprint density at radius 2 is 1.85 bits per heavy atom. The lowest BCUT2D eigenvalue weighted by atomic mass is 10.1. The van der Waals surface area contributed by atoms with Crippen molar-refractivity contribution in [2.45, 2.75) is 26.3 Å². The molecule has 6 nitrogen and oxygen atoms in total. The maximum Gasteiger partial charge on any atom is 0.261 e. The molecule has 0 unspecified atom stereocenters. The first-order valence-electron chi connectivity index (χ1n) is 8.29. The molecule has 0 saturated carbocycles. The third-order valence-corrected chi connectivity index (χ3v) is 4.47. The Kier molecular flexibility index (Phi) is 5.18. The predicted molar refractivity (Wildman–Crippen MR) is 99.9 cm³/mol. The Bertz CT molecular complexity index is 962. The Balaban J connectivity index is 1.78. The Morgan fingerprint density at radius 1 is 1.12 bits per heavy atom. The summed E-state index contributed by atoms with van der Waals surface area (Å²) in [6.07, 6.45) is 1.67. The van der Waals surface area contributed by atoms with Gasteiger partial charge in [-0.15, -0.1) is 0 Å². The molecule has 0 N–H and O–H groups in total. The van der Waals surface area contributed by atoms with Gasteiger partial charge in [-0.05, 0) is 44.2 Å². The molecule has 1 aromatic carbocycles. The van der Waals surface area contributed by atoms with Crippen LogP contribution < -0.4 is 5.49 Å². The van der Waals surface area contributed by atoms with Crippen LogP contribution in [0.2, 0.25) is 0 Å². The zero-order valence-electron chi connectivity index (χ0n) is 14.5. The van der Waals surface area contributed by atoms with E-state index in [1.165, 1.54) is 4.57 Å². The third-order valence-electron chi connectivity index (χ3n) is 3.98. The van der Waals surface area contributed by atoms with Gasteiger partial charge in [-0.1, -0.05) is 22.0 Å². The van der Waals surface area contributed by atoms with Gasteiger partial charge in [-0.3, -0.25) is 28.8 Å². The van der Waals surface area contributed by atoms with Gasteiger partial charge in [0, 0.05) is 29.7 Å². The van der Waals surface area contributed by atoms with Crippen molar-refractivity contribution in [3.8, 4) is 0 Å². The second-order valence-corrected chi connectivity index (χ2v) is 7.16. The van der Waals surface area contributed by atoms with E-state index in [1.54, 1.807) is 36.5 Å². The fourth-order valence-electron chi connectivity index (χ4n) is 2.81. The topological polar surface area (TPSA) is 71.7 Å². The zero-order chi connectivity index (χ0) is 18.8. The smallest absolute Gasteiger partial charge is 0.261 e. The Labute approximate surface area is 159 Å². The lowest BCUT2D eigenvalue weighted by molar-refractivity contribution is 0.0644. The molecule has 2 heterocycles. The summed E-state index contributed by atoms with van der Waals surface area (Å²) in [5.74, 6) is -0.956. The highest BCUT2D eigenvalue weighted by Crippen LogP contribution is 2.26. The maximum absolute atomic E-state index is 12.6. The van der Waals surface area contributed by atoms with Crippen LogP contribution in [-0.4, -0.2) is 39.8 Å². The van der Waals surface area contributed by atoms with Crippen molar-refractivity contribution in [2.75, 3.05) is 6.54 Å². The summed E-state index contributed by atoms with van der Waals surface area (Å²) in [6.45, 7) is 3.89. The molecule has 2 amide bonds. The zero-order valence-corrected chi connectivity index (χ0v) is 16.1. The van der Waals surface area contributed by atoms with E-state index in [2.05, 4.69) is 20.9 Å². The number of hydrogen-bond acceptors (Lipinski definition) is 4. The summed E-state index contributed by atoms with van der Waals surface area (Å²) in [7, 11) is 0. The molecule has 0 saturated heterocycles. The van der Waals surface area contributed by atoms with Crippen molar-refractivity contribution in [1.29, 1.82) is 0 Å². The number of rotatable bonds is 4. The number of fused-ring (bicyclic) bond motifs is 1. The minimum atomic E-state index is -0.371. The van der Waals surface area contributed by atoms with Crippen molar-refractivity contribution in [1.82, 2.24) is 9.47 Å². The lowest BCUT2D eigenvalue weighted by Gasteiger charge is -2.14. The fourth-order valence-corrected chi connectivity index (χ4v) is 3.17. The molecular weight excluding hydrogens is 398 g/mol. The highest BCUT2D eigenvalue weighted by Gasteiger charge is 2.35. The summed E-state index contributed by atoms with van der Waals surface area (Å²) in [4.78, 5) is 43.0. The van der Waals surface area contributed by atoms with Crippen LogP contribution in [0.25, 0.3) is 0 Å². The molecule has 1 aliphatic rings. The Morgan fingerprint density at radius 3 is 2.58 bits per heavy atom. The van der Waals surface area contributed by atoms with E-state index in [0.717, 1.165) is 9.37 Å². The molecule has 26 heavy (non-hydrogen) atoms. The van der Waals surface area contributed by atoms with Crippen LogP contribution in [0, 0.1) is 0 Å². The second kappa shape index (κ2) is 7.37. The number of carbonyl (C=O) groups is 3. The van der Waals surface area contributed by atoms with E-state index in [1.807, 2.05) is 19.9 Å². The first kappa shape index (κ1) is 18.3. The van der Waals surface area contributed by atoms with Gasteiger partial charge >= 0.3 is 0 Å². The highest BCUT2D eigenvalue weighted by atomic mass is 79.9. The number of halogens is 1. The van der Waals surface area contributed by atoms with E-state index < -0.39 is 0 Å². The summed E-state index contributed by atoms with van der Waals surface area (Å²) >= 11 is 3.30. The molecule has 0 atom stereocenters. The van der Waals surface area contributed by atoms with Gasteiger partial charge in [0.25, 0.3) is 11.8 Å². The quantitative estimate of drug-likeness (QED) is 0.720. The van der Waals surface area contributed by atoms with E-state index in [9.17, 15) is 14.4 Å². The van der Waals surface area contributed by atoms with Gasteiger partial charge in [-0.25, -0.2) is 0 Å². The van der Waals surface area contributed by atoms with Gasteiger partial charge in [0.1, 0.15) is 5.49 Å². The van der Waals surface area contributed by atoms with Crippen LogP contribution in [0.3, 0.4) is 0 Å². The molecular formula is C19H18BrN3O3. The molecule has 0 fully saturated rings. The van der Waals surface area contributed by atoms with Crippen LogP contribution in [0.5, 0.6) is 0 Å². The minimum absolute atomic E-state index is 0.0297. The third kappa shape index (κ3) is 3.53. The van der Waals surface area contributed by atoms with Crippen molar-refractivity contribution in [3.05, 3.63) is 63.7 Å². The summed E-state index contributed by atoms with van der Waals surface area (Å²) in [5.41, 5.74) is 1.28. The molecule has 0 bridgehead atoms. The van der Waals surface area contributed by atoms with E-state index >= 15 is 0 Å². The normalized spacial score (nSPS) is 14.3. The average Bonchev–Trinajstić information content (AvgIpc) is 2.83.